The van der Waals surface area contributed by atoms with Crippen molar-refractivity contribution in [2.45, 2.75) is 27.7 Å². The molecule has 3 aromatic heterocycles. The van der Waals surface area contributed by atoms with E-state index in [-0.39, 0.29) is 0 Å². The van der Waals surface area contributed by atoms with Crippen molar-refractivity contribution in [3.63, 3.8) is 0 Å². The molecule has 0 amide bonds. The molecule has 0 atom stereocenters. The molecule has 0 aliphatic heterocycles. The molecule has 0 fully saturated rings. The van der Waals surface area contributed by atoms with Crippen molar-refractivity contribution in [3.8, 4) is 73.6 Å². The third kappa shape index (κ3) is 6.77. The van der Waals surface area contributed by atoms with Crippen molar-refractivity contribution in [2.75, 3.05) is 0 Å². The SMILES string of the molecule is Cc1ccc(-c2ccc3c(c2)c2ccccc2n3-c2cc(C#N)c(-c3nc(-c4ccccc4)cc(-c4ccccc4)n3)cc2-n2c3ccccc3c3cc(-c4ccc(C)cc4C)ccc32)c(C)c1. The minimum atomic E-state index is 0.476. The van der Waals surface area contributed by atoms with Crippen LogP contribution in [0.4, 0.5) is 0 Å². The molecule has 0 radical (unpaired) electrons. The van der Waals surface area contributed by atoms with Crippen molar-refractivity contribution in [1.82, 2.24) is 19.1 Å². The van der Waals surface area contributed by atoms with E-state index in [2.05, 4.69) is 201 Å². The molecule has 68 heavy (non-hydrogen) atoms. The Hall–Kier alpha value is -8.85. The van der Waals surface area contributed by atoms with Crippen LogP contribution in [0, 0.1) is 39.0 Å². The summed E-state index contributed by atoms with van der Waals surface area (Å²) in [5.74, 6) is 0.479. The average Bonchev–Trinajstić information content (AvgIpc) is 3.88. The first-order chi connectivity index (χ1) is 33.3. The summed E-state index contributed by atoms with van der Waals surface area (Å²) in [6, 6.07) is 73.5. The minimum absolute atomic E-state index is 0.476. The summed E-state index contributed by atoms with van der Waals surface area (Å²) >= 11 is 0. The maximum Gasteiger partial charge on any atom is 0.161 e. The Kier molecular flexibility index (Phi) is 9.71. The standard InChI is InChI=1S/C63H45N5/c1-39-23-27-48(41(3)31-39)45-25-29-59-53(33-45)50-19-11-13-21-57(50)67(59)61-35-47(38-64)52(63-65-55(43-15-7-5-8-16-43)37-56(66-63)44-17-9-6-10-18-44)36-62(61)68-58-22-14-12-20-51(58)54-34-46(26-30-60(54)68)49-28-24-40(2)32-42(49)4/h5-37H,1-4H3. The second-order valence-electron chi connectivity index (χ2n) is 18.0. The van der Waals surface area contributed by atoms with E-state index < -0.39 is 0 Å². The Morgan fingerprint density at radius 3 is 1.28 bits per heavy atom. The second kappa shape index (κ2) is 16.2. The fourth-order valence-electron chi connectivity index (χ4n) is 10.4. The van der Waals surface area contributed by atoms with Crippen LogP contribution in [-0.2, 0) is 0 Å². The summed E-state index contributed by atoms with van der Waals surface area (Å²) < 4.78 is 4.72. The van der Waals surface area contributed by atoms with Crippen LogP contribution in [0.15, 0.2) is 200 Å². The van der Waals surface area contributed by atoms with Gasteiger partial charge in [-0.1, -0.05) is 157 Å². The summed E-state index contributed by atoms with van der Waals surface area (Å²) in [5.41, 5.74) is 20.3. The molecule has 12 aromatic rings. The fraction of sp³-hybridized carbons (Fsp3) is 0.0635. The van der Waals surface area contributed by atoms with Crippen molar-refractivity contribution >= 4 is 43.6 Å². The van der Waals surface area contributed by atoms with Gasteiger partial charge in [-0.25, -0.2) is 9.97 Å². The fourth-order valence-corrected chi connectivity index (χ4v) is 10.4. The van der Waals surface area contributed by atoms with Crippen molar-refractivity contribution in [3.05, 3.63) is 228 Å². The normalized spacial score (nSPS) is 11.5. The topological polar surface area (TPSA) is 59.4 Å². The van der Waals surface area contributed by atoms with Gasteiger partial charge in [0.25, 0.3) is 0 Å². The van der Waals surface area contributed by atoms with Gasteiger partial charge in [0.1, 0.15) is 0 Å². The zero-order valence-electron chi connectivity index (χ0n) is 38.3. The third-order valence-corrected chi connectivity index (χ3v) is 13.6. The minimum Gasteiger partial charge on any atom is -0.307 e. The summed E-state index contributed by atoms with van der Waals surface area (Å²) in [6.45, 7) is 8.66. The molecule has 0 spiro atoms. The molecule has 9 aromatic carbocycles. The first-order valence-corrected chi connectivity index (χ1v) is 23.1. The third-order valence-electron chi connectivity index (χ3n) is 13.6. The molecule has 0 aliphatic carbocycles. The Morgan fingerprint density at radius 2 is 0.809 bits per heavy atom. The highest BCUT2D eigenvalue weighted by atomic mass is 15.1. The van der Waals surface area contributed by atoms with Crippen molar-refractivity contribution in [2.24, 2.45) is 0 Å². The van der Waals surface area contributed by atoms with E-state index in [9.17, 15) is 5.26 Å². The predicted octanol–water partition coefficient (Wildman–Crippen LogP) is 16.1. The van der Waals surface area contributed by atoms with Crippen LogP contribution in [0.3, 0.4) is 0 Å². The van der Waals surface area contributed by atoms with Crippen LogP contribution in [0.25, 0.3) is 111 Å². The lowest BCUT2D eigenvalue weighted by Gasteiger charge is -2.19. The number of hydrogen-bond donors (Lipinski definition) is 0. The zero-order chi connectivity index (χ0) is 46.0. The van der Waals surface area contributed by atoms with E-state index in [1.54, 1.807) is 0 Å². The first-order valence-electron chi connectivity index (χ1n) is 23.1. The van der Waals surface area contributed by atoms with Gasteiger partial charge in [0, 0.05) is 38.2 Å². The summed E-state index contributed by atoms with van der Waals surface area (Å²) in [6.07, 6.45) is 0. The predicted molar refractivity (Wildman–Crippen MR) is 282 cm³/mol. The summed E-state index contributed by atoms with van der Waals surface area (Å²) in [5, 5.41) is 15.9. The molecule has 0 aliphatic rings. The Morgan fingerprint density at radius 1 is 0.368 bits per heavy atom. The number of aryl methyl sites for hydroxylation is 4. The maximum absolute atomic E-state index is 11.3. The monoisotopic (exact) mass is 871 g/mol. The number of nitrogens with zero attached hydrogens (tertiary/aromatic N) is 5. The van der Waals surface area contributed by atoms with Gasteiger partial charge in [-0.05, 0) is 116 Å². The van der Waals surface area contributed by atoms with Crippen LogP contribution in [0.1, 0.15) is 27.8 Å². The molecule has 5 heteroatoms. The molecule has 0 unspecified atom stereocenters. The van der Waals surface area contributed by atoms with E-state index in [1.165, 1.54) is 38.9 Å². The van der Waals surface area contributed by atoms with E-state index in [1.807, 2.05) is 42.5 Å². The lowest BCUT2D eigenvalue weighted by molar-refractivity contribution is 1.09. The van der Waals surface area contributed by atoms with Gasteiger partial charge in [-0.3, -0.25) is 0 Å². The van der Waals surface area contributed by atoms with Crippen LogP contribution >= 0.6 is 0 Å². The van der Waals surface area contributed by atoms with Gasteiger partial charge in [-0.2, -0.15) is 5.26 Å². The number of rotatable bonds is 7. The molecular weight excluding hydrogens is 827 g/mol. The number of aromatic nitrogens is 4. The van der Waals surface area contributed by atoms with Gasteiger partial charge >= 0.3 is 0 Å². The first kappa shape index (κ1) is 40.6. The quantitative estimate of drug-likeness (QED) is 0.160. The van der Waals surface area contributed by atoms with Crippen LogP contribution in [0.5, 0.6) is 0 Å². The lowest BCUT2D eigenvalue weighted by Crippen LogP contribution is -2.06. The van der Waals surface area contributed by atoms with Gasteiger partial charge in [0.15, 0.2) is 5.82 Å². The molecule has 0 bridgehead atoms. The number of para-hydroxylation sites is 2. The van der Waals surface area contributed by atoms with Gasteiger partial charge in [0.05, 0.1) is 56.5 Å². The highest BCUT2D eigenvalue weighted by Crippen LogP contribution is 2.43. The largest absolute Gasteiger partial charge is 0.307 e. The number of hydrogen-bond acceptors (Lipinski definition) is 3. The molecule has 5 nitrogen and oxygen atoms in total. The van der Waals surface area contributed by atoms with E-state index >= 15 is 0 Å². The zero-order valence-corrected chi connectivity index (χ0v) is 38.3. The van der Waals surface area contributed by atoms with Crippen LogP contribution < -0.4 is 0 Å². The highest BCUT2D eigenvalue weighted by Gasteiger charge is 2.24. The van der Waals surface area contributed by atoms with Gasteiger partial charge in [-0.15, -0.1) is 0 Å². The second-order valence-corrected chi connectivity index (χ2v) is 18.0. The lowest BCUT2D eigenvalue weighted by atomic mass is 9.97. The molecule has 0 saturated carbocycles. The summed E-state index contributed by atoms with van der Waals surface area (Å²) in [7, 11) is 0. The van der Waals surface area contributed by atoms with E-state index in [0.29, 0.717) is 17.0 Å². The molecule has 322 valence electrons. The van der Waals surface area contributed by atoms with E-state index in [4.69, 9.17) is 9.97 Å². The number of nitriles is 1. The van der Waals surface area contributed by atoms with Gasteiger partial charge in [0.2, 0.25) is 0 Å². The number of benzene rings is 9. The molecular formula is C63H45N5. The highest BCUT2D eigenvalue weighted by molar-refractivity contribution is 6.13. The molecule has 12 rings (SSSR count). The van der Waals surface area contributed by atoms with Crippen LogP contribution in [0.2, 0.25) is 0 Å². The van der Waals surface area contributed by atoms with E-state index in [0.717, 1.165) is 83.1 Å². The Balaban J connectivity index is 1.18. The van der Waals surface area contributed by atoms with Crippen molar-refractivity contribution < 1.29 is 0 Å². The molecule has 0 N–H and O–H groups in total. The number of fused-ring (bicyclic) bond motifs is 6. The van der Waals surface area contributed by atoms with Crippen LogP contribution in [-0.4, -0.2) is 19.1 Å². The Bertz CT molecular complexity index is 3960. The maximum atomic E-state index is 11.3. The molecule has 3 heterocycles. The average molecular weight is 872 g/mol. The molecule has 0 saturated heterocycles. The van der Waals surface area contributed by atoms with Crippen molar-refractivity contribution in [1.29, 1.82) is 5.26 Å². The smallest absolute Gasteiger partial charge is 0.161 e. The van der Waals surface area contributed by atoms with Gasteiger partial charge < -0.3 is 9.13 Å². The summed E-state index contributed by atoms with van der Waals surface area (Å²) in [4.78, 5) is 10.6. The Labute approximate surface area is 395 Å².